The standard InChI is InChI=1S/C10H15F3.C4H10/c1-9(10(11,12)13)6-7-2-4-8(9)5-3-7;1-4(2)3/h7-8H,2-6H2,1H3;4H,1-3H3. The molecule has 102 valence electrons. The van der Waals surface area contributed by atoms with Crippen molar-refractivity contribution in [2.45, 2.75) is 66.0 Å². The van der Waals surface area contributed by atoms with Gasteiger partial charge in [0.25, 0.3) is 0 Å². The molecular formula is C14H25F3. The van der Waals surface area contributed by atoms with Crippen molar-refractivity contribution < 1.29 is 13.2 Å². The van der Waals surface area contributed by atoms with E-state index in [0.717, 1.165) is 31.6 Å². The maximum atomic E-state index is 12.8. The van der Waals surface area contributed by atoms with Crippen LogP contribution >= 0.6 is 0 Å². The van der Waals surface area contributed by atoms with Crippen LogP contribution in [0.4, 0.5) is 13.2 Å². The van der Waals surface area contributed by atoms with Gasteiger partial charge in [-0.25, -0.2) is 0 Å². The lowest BCUT2D eigenvalue weighted by Gasteiger charge is -2.50. The third-order valence-electron chi connectivity index (χ3n) is 4.11. The van der Waals surface area contributed by atoms with Crippen LogP contribution in [0.3, 0.4) is 0 Å². The molecule has 0 amide bonds. The van der Waals surface area contributed by atoms with Crippen LogP contribution in [0.1, 0.15) is 59.8 Å². The molecule has 3 aliphatic carbocycles. The summed E-state index contributed by atoms with van der Waals surface area (Å²) < 4.78 is 38.3. The maximum absolute atomic E-state index is 12.8. The quantitative estimate of drug-likeness (QED) is 0.538. The summed E-state index contributed by atoms with van der Waals surface area (Å²) in [6.45, 7) is 7.92. The van der Waals surface area contributed by atoms with E-state index in [2.05, 4.69) is 20.8 Å². The minimum atomic E-state index is -3.99. The van der Waals surface area contributed by atoms with E-state index in [1.165, 1.54) is 6.92 Å². The zero-order chi connectivity index (χ0) is 13.3. The minimum Gasteiger partial charge on any atom is -0.171 e. The van der Waals surface area contributed by atoms with E-state index in [9.17, 15) is 13.2 Å². The first-order valence-electron chi connectivity index (χ1n) is 6.73. The summed E-state index contributed by atoms with van der Waals surface area (Å²) in [4.78, 5) is 0. The molecular weight excluding hydrogens is 225 g/mol. The predicted molar refractivity (Wildman–Crippen MR) is 64.7 cm³/mol. The molecule has 0 N–H and O–H groups in total. The highest BCUT2D eigenvalue weighted by Crippen LogP contribution is 2.59. The van der Waals surface area contributed by atoms with Crippen molar-refractivity contribution in [3.63, 3.8) is 0 Å². The van der Waals surface area contributed by atoms with E-state index >= 15 is 0 Å². The van der Waals surface area contributed by atoms with Crippen LogP contribution < -0.4 is 0 Å². The van der Waals surface area contributed by atoms with E-state index in [-0.39, 0.29) is 5.92 Å². The van der Waals surface area contributed by atoms with Crippen molar-refractivity contribution in [2.24, 2.45) is 23.2 Å². The highest BCUT2D eigenvalue weighted by atomic mass is 19.4. The third kappa shape index (κ3) is 3.38. The monoisotopic (exact) mass is 250 g/mol. The summed E-state index contributed by atoms with van der Waals surface area (Å²) in [6, 6.07) is 0. The molecule has 3 fully saturated rings. The lowest BCUT2D eigenvalue weighted by Crippen LogP contribution is -2.49. The molecule has 0 nitrogen and oxygen atoms in total. The Morgan fingerprint density at radius 1 is 1.00 bits per heavy atom. The third-order valence-corrected chi connectivity index (χ3v) is 4.11. The molecule has 0 heterocycles. The van der Waals surface area contributed by atoms with E-state index < -0.39 is 11.6 Å². The van der Waals surface area contributed by atoms with E-state index in [0.29, 0.717) is 12.3 Å². The number of fused-ring (bicyclic) bond motifs is 3. The summed E-state index contributed by atoms with van der Waals surface area (Å²) in [7, 11) is 0. The van der Waals surface area contributed by atoms with Gasteiger partial charge in [-0.2, -0.15) is 13.2 Å². The van der Waals surface area contributed by atoms with Crippen LogP contribution in [0.15, 0.2) is 0 Å². The van der Waals surface area contributed by atoms with Crippen LogP contribution in [-0.2, 0) is 0 Å². The molecule has 1 unspecified atom stereocenters. The Morgan fingerprint density at radius 3 is 1.59 bits per heavy atom. The molecule has 17 heavy (non-hydrogen) atoms. The molecule has 2 bridgehead atoms. The lowest BCUT2D eigenvalue weighted by molar-refractivity contribution is -0.260. The summed E-state index contributed by atoms with van der Waals surface area (Å²) in [5, 5.41) is 0. The second-order valence-corrected chi connectivity index (χ2v) is 6.57. The fourth-order valence-corrected chi connectivity index (χ4v) is 3.12. The lowest BCUT2D eigenvalue weighted by atomic mass is 9.56. The molecule has 0 spiro atoms. The molecule has 0 saturated heterocycles. The molecule has 0 radical (unpaired) electrons. The maximum Gasteiger partial charge on any atom is 0.394 e. The van der Waals surface area contributed by atoms with Gasteiger partial charge in [-0.3, -0.25) is 0 Å². The zero-order valence-electron chi connectivity index (χ0n) is 11.4. The largest absolute Gasteiger partial charge is 0.394 e. The van der Waals surface area contributed by atoms with E-state index in [1.807, 2.05) is 0 Å². The van der Waals surface area contributed by atoms with Crippen LogP contribution in [0, 0.1) is 23.2 Å². The van der Waals surface area contributed by atoms with E-state index in [4.69, 9.17) is 0 Å². The minimum absolute atomic E-state index is 0.0995. The average molecular weight is 250 g/mol. The Bertz CT molecular complexity index is 234. The smallest absolute Gasteiger partial charge is 0.171 e. The molecule has 0 aromatic carbocycles. The highest BCUT2D eigenvalue weighted by molar-refractivity contribution is 4.98. The summed E-state index contributed by atoms with van der Waals surface area (Å²) >= 11 is 0. The van der Waals surface area contributed by atoms with Gasteiger partial charge in [0.05, 0.1) is 5.41 Å². The van der Waals surface area contributed by atoms with Crippen LogP contribution in [0.5, 0.6) is 0 Å². The van der Waals surface area contributed by atoms with Crippen molar-refractivity contribution in [1.29, 1.82) is 0 Å². The molecule has 3 saturated carbocycles. The fraction of sp³-hybridized carbons (Fsp3) is 1.00. The molecule has 0 aromatic heterocycles. The van der Waals surface area contributed by atoms with Gasteiger partial charge < -0.3 is 0 Å². The molecule has 0 aliphatic heterocycles. The number of rotatable bonds is 0. The van der Waals surface area contributed by atoms with Crippen molar-refractivity contribution in [3.8, 4) is 0 Å². The molecule has 3 rings (SSSR count). The first-order valence-corrected chi connectivity index (χ1v) is 6.73. The Morgan fingerprint density at radius 2 is 1.41 bits per heavy atom. The summed E-state index contributed by atoms with van der Waals surface area (Å²) in [5.41, 5.74) is -1.37. The Labute approximate surface area is 103 Å². The molecule has 3 aliphatic rings. The number of halogens is 3. The van der Waals surface area contributed by atoms with Gasteiger partial charge in [0.2, 0.25) is 0 Å². The summed E-state index contributed by atoms with van der Waals surface area (Å²) in [6.07, 6.45) is 0.0198. The highest BCUT2D eigenvalue weighted by Gasteiger charge is 2.59. The van der Waals surface area contributed by atoms with Crippen molar-refractivity contribution in [2.75, 3.05) is 0 Å². The van der Waals surface area contributed by atoms with Gasteiger partial charge in [-0.1, -0.05) is 40.5 Å². The molecule has 3 heteroatoms. The average Bonchev–Trinajstić information content (AvgIpc) is 2.16. The predicted octanol–water partition coefficient (Wildman–Crippen LogP) is 5.43. The zero-order valence-corrected chi connectivity index (χ0v) is 11.4. The first kappa shape index (κ1) is 14.8. The normalized spacial score (nSPS) is 36.7. The van der Waals surface area contributed by atoms with Gasteiger partial charge in [0, 0.05) is 0 Å². The SMILES string of the molecule is CC(C)C.CC1(C(F)(F)F)CC2CCC1CC2. The van der Waals surface area contributed by atoms with Crippen LogP contribution in [0.2, 0.25) is 0 Å². The number of hydrogen-bond acceptors (Lipinski definition) is 0. The fourth-order valence-electron chi connectivity index (χ4n) is 3.12. The second-order valence-electron chi connectivity index (χ2n) is 6.57. The van der Waals surface area contributed by atoms with Gasteiger partial charge >= 0.3 is 6.18 Å². The van der Waals surface area contributed by atoms with Crippen molar-refractivity contribution in [3.05, 3.63) is 0 Å². The first-order chi connectivity index (χ1) is 7.67. The Kier molecular flexibility index (Phi) is 4.54. The molecule has 0 aromatic rings. The topological polar surface area (TPSA) is 0 Å². The van der Waals surface area contributed by atoms with Crippen LogP contribution in [0.25, 0.3) is 0 Å². The Hall–Kier alpha value is -0.210. The van der Waals surface area contributed by atoms with Gasteiger partial charge in [-0.05, 0) is 37.0 Å². The van der Waals surface area contributed by atoms with Gasteiger partial charge in [-0.15, -0.1) is 0 Å². The van der Waals surface area contributed by atoms with Gasteiger partial charge in [0.1, 0.15) is 0 Å². The number of alkyl halides is 3. The number of hydrogen-bond donors (Lipinski definition) is 0. The van der Waals surface area contributed by atoms with Crippen molar-refractivity contribution >= 4 is 0 Å². The second kappa shape index (κ2) is 5.19. The Balaban J connectivity index is 0.000000317. The van der Waals surface area contributed by atoms with Crippen LogP contribution in [-0.4, -0.2) is 6.18 Å². The molecule has 1 atom stereocenters. The summed E-state index contributed by atoms with van der Waals surface area (Å²) in [5.74, 6) is 1.08. The van der Waals surface area contributed by atoms with E-state index in [1.54, 1.807) is 0 Å². The van der Waals surface area contributed by atoms with Gasteiger partial charge in [0.15, 0.2) is 0 Å². The van der Waals surface area contributed by atoms with Crippen molar-refractivity contribution in [1.82, 2.24) is 0 Å².